The quantitative estimate of drug-likeness (QED) is 0.669. The van der Waals surface area contributed by atoms with Crippen LogP contribution in [0.25, 0.3) is 0 Å². The van der Waals surface area contributed by atoms with Crippen LogP contribution >= 0.6 is 0 Å². The fourth-order valence-electron chi connectivity index (χ4n) is 1.48. The van der Waals surface area contributed by atoms with E-state index < -0.39 is 15.9 Å². The van der Waals surface area contributed by atoms with Crippen molar-refractivity contribution in [2.75, 3.05) is 11.1 Å². The number of anilines is 2. The van der Waals surface area contributed by atoms with E-state index in [-0.39, 0.29) is 17.4 Å². The van der Waals surface area contributed by atoms with Crippen molar-refractivity contribution in [3.05, 3.63) is 30.6 Å². The van der Waals surface area contributed by atoms with Crippen LogP contribution in [-0.4, -0.2) is 29.1 Å². The number of hydrogen-bond donors (Lipinski definition) is 3. The highest BCUT2D eigenvalue weighted by atomic mass is 32.2. The van der Waals surface area contributed by atoms with Crippen LogP contribution in [-0.2, 0) is 21.4 Å². The number of aromatic nitrogens is 3. The van der Waals surface area contributed by atoms with Gasteiger partial charge in [-0.25, -0.2) is 23.2 Å². The van der Waals surface area contributed by atoms with Gasteiger partial charge in [-0.2, -0.15) is 0 Å². The van der Waals surface area contributed by atoms with E-state index in [0.29, 0.717) is 5.69 Å². The van der Waals surface area contributed by atoms with E-state index in [1.54, 1.807) is 6.07 Å². The highest BCUT2D eigenvalue weighted by Gasteiger charge is 2.10. The van der Waals surface area contributed by atoms with Gasteiger partial charge in [0.05, 0.1) is 4.90 Å². The SMILES string of the molecule is Nc1ncn(CC(=O)Nc2cccc(S(N)(=O)=O)c2)n1. The Balaban J connectivity index is 2.08. The average molecular weight is 296 g/mol. The standard InChI is InChI=1S/C10H12N6O3S/c11-10-13-6-16(15-10)5-9(17)14-7-2-1-3-8(4-7)20(12,18)19/h1-4,6H,5H2,(H2,11,15)(H,14,17)(H2,12,18,19). The number of nitrogens with zero attached hydrogens (tertiary/aromatic N) is 3. The molecule has 0 bridgehead atoms. The van der Waals surface area contributed by atoms with Crippen LogP contribution in [0.4, 0.5) is 11.6 Å². The summed E-state index contributed by atoms with van der Waals surface area (Å²) in [6.07, 6.45) is 1.32. The molecule has 2 aromatic rings. The van der Waals surface area contributed by atoms with Crippen LogP contribution in [0.2, 0.25) is 0 Å². The van der Waals surface area contributed by atoms with Crippen LogP contribution in [0, 0.1) is 0 Å². The lowest BCUT2D eigenvalue weighted by Crippen LogP contribution is -2.19. The Hall–Kier alpha value is -2.46. The maximum Gasteiger partial charge on any atom is 0.246 e. The predicted octanol–water partition coefficient (Wildman–Crippen LogP) is -0.854. The summed E-state index contributed by atoms with van der Waals surface area (Å²) in [4.78, 5) is 15.3. The van der Waals surface area contributed by atoms with Gasteiger partial charge in [0.1, 0.15) is 12.9 Å². The molecule has 0 aliphatic rings. The number of carbonyl (C=O) groups is 1. The molecule has 9 nitrogen and oxygen atoms in total. The molecule has 0 unspecified atom stereocenters. The van der Waals surface area contributed by atoms with Crippen molar-refractivity contribution in [2.45, 2.75) is 11.4 Å². The summed E-state index contributed by atoms with van der Waals surface area (Å²) in [5.41, 5.74) is 5.63. The van der Waals surface area contributed by atoms with Crippen molar-refractivity contribution in [3.63, 3.8) is 0 Å². The monoisotopic (exact) mass is 296 g/mol. The summed E-state index contributed by atoms with van der Waals surface area (Å²) in [6.45, 7) is -0.0934. The highest BCUT2D eigenvalue weighted by molar-refractivity contribution is 7.89. The largest absolute Gasteiger partial charge is 0.367 e. The van der Waals surface area contributed by atoms with Gasteiger partial charge in [-0.15, -0.1) is 5.10 Å². The number of carbonyl (C=O) groups excluding carboxylic acids is 1. The van der Waals surface area contributed by atoms with E-state index in [9.17, 15) is 13.2 Å². The van der Waals surface area contributed by atoms with Crippen LogP contribution < -0.4 is 16.2 Å². The number of nitrogen functional groups attached to an aromatic ring is 1. The zero-order valence-electron chi connectivity index (χ0n) is 10.2. The smallest absolute Gasteiger partial charge is 0.246 e. The van der Waals surface area contributed by atoms with Gasteiger partial charge in [0.15, 0.2) is 0 Å². The van der Waals surface area contributed by atoms with Crippen molar-refractivity contribution in [1.29, 1.82) is 0 Å². The molecule has 1 heterocycles. The molecule has 1 amide bonds. The molecule has 0 atom stereocenters. The number of hydrogen-bond acceptors (Lipinski definition) is 6. The van der Waals surface area contributed by atoms with Crippen LogP contribution in [0.15, 0.2) is 35.5 Å². The van der Waals surface area contributed by atoms with Gasteiger partial charge in [0, 0.05) is 5.69 Å². The Morgan fingerprint density at radius 3 is 2.75 bits per heavy atom. The summed E-state index contributed by atoms with van der Waals surface area (Å²) in [6, 6.07) is 5.62. The number of sulfonamides is 1. The molecule has 0 saturated carbocycles. The van der Waals surface area contributed by atoms with Gasteiger partial charge in [-0.3, -0.25) is 4.79 Å². The summed E-state index contributed by atoms with van der Waals surface area (Å²) in [5, 5.41) is 11.3. The van der Waals surface area contributed by atoms with E-state index in [2.05, 4.69) is 15.4 Å². The molecule has 0 aliphatic carbocycles. The molecule has 0 spiro atoms. The maximum absolute atomic E-state index is 11.7. The molecule has 1 aromatic heterocycles. The van der Waals surface area contributed by atoms with Gasteiger partial charge >= 0.3 is 0 Å². The van der Waals surface area contributed by atoms with Crippen molar-refractivity contribution in [1.82, 2.24) is 14.8 Å². The fraction of sp³-hybridized carbons (Fsp3) is 0.100. The Kier molecular flexibility index (Phi) is 3.68. The van der Waals surface area contributed by atoms with Crippen molar-refractivity contribution >= 4 is 27.6 Å². The molecule has 0 fully saturated rings. The molecule has 5 N–H and O–H groups in total. The van der Waals surface area contributed by atoms with Crippen LogP contribution in [0.3, 0.4) is 0 Å². The van der Waals surface area contributed by atoms with E-state index in [4.69, 9.17) is 10.9 Å². The number of benzene rings is 1. The molecule has 0 saturated heterocycles. The second kappa shape index (κ2) is 5.27. The van der Waals surface area contributed by atoms with E-state index in [0.717, 1.165) is 0 Å². The second-order valence-corrected chi connectivity index (χ2v) is 5.48. The normalized spacial score (nSPS) is 11.2. The third-order valence-electron chi connectivity index (χ3n) is 2.31. The van der Waals surface area contributed by atoms with Gasteiger partial charge in [-0.1, -0.05) is 6.07 Å². The summed E-state index contributed by atoms with van der Waals surface area (Å²) < 4.78 is 23.6. The molecular formula is C10H12N6O3S. The topological polar surface area (TPSA) is 146 Å². The number of rotatable bonds is 4. The minimum Gasteiger partial charge on any atom is -0.367 e. The fourth-order valence-corrected chi connectivity index (χ4v) is 2.04. The first kappa shape index (κ1) is 14.0. The minimum absolute atomic E-state index is 0.0639. The first-order chi connectivity index (χ1) is 9.34. The van der Waals surface area contributed by atoms with Crippen LogP contribution in [0.1, 0.15) is 0 Å². The molecule has 0 aliphatic heterocycles. The van der Waals surface area contributed by atoms with Gasteiger partial charge in [-0.05, 0) is 18.2 Å². The Morgan fingerprint density at radius 2 is 2.15 bits per heavy atom. The summed E-state index contributed by atoms with van der Waals surface area (Å²) in [7, 11) is -3.81. The molecule has 106 valence electrons. The molecular weight excluding hydrogens is 284 g/mol. The first-order valence-electron chi connectivity index (χ1n) is 5.42. The predicted molar refractivity (Wildman–Crippen MR) is 70.9 cm³/mol. The maximum atomic E-state index is 11.7. The minimum atomic E-state index is -3.81. The van der Waals surface area contributed by atoms with Gasteiger partial charge in [0.25, 0.3) is 0 Å². The van der Waals surface area contributed by atoms with Crippen LogP contribution in [0.5, 0.6) is 0 Å². The molecule has 2 rings (SSSR count). The van der Waals surface area contributed by atoms with Crippen molar-refractivity contribution in [2.24, 2.45) is 5.14 Å². The Bertz CT molecular complexity index is 739. The zero-order valence-corrected chi connectivity index (χ0v) is 11.0. The van der Waals surface area contributed by atoms with Gasteiger partial charge in [0.2, 0.25) is 21.9 Å². The molecule has 0 radical (unpaired) electrons. The third-order valence-corrected chi connectivity index (χ3v) is 3.22. The third kappa shape index (κ3) is 3.52. The Morgan fingerprint density at radius 1 is 1.40 bits per heavy atom. The van der Waals surface area contributed by atoms with E-state index in [1.165, 1.54) is 29.2 Å². The number of nitrogens with one attached hydrogen (secondary N) is 1. The van der Waals surface area contributed by atoms with Crippen molar-refractivity contribution < 1.29 is 13.2 Å². The lowest BCUT2D eigenvalue weighted by atomic mass is 10.3. The summed E-state index contributed by atoms with van der Waals surface area (Å²) >= 11 is 0. The lowest BCUT2D eigenvalue weighted by Gasteiger charge is -2.06. The second-order valence-electron chi connectivity index (χ2n) is 3.92. The average Bonchev–Trinajstić information content (AvgIpc) is 2.73. The number of amides is 1. The number of nitrogens with two attached hydrogens (primary N) is 2. The zero-order chi connectivity index (χ0) is 14.8. The molecule has 20 heavy (non-hydrogen) atoms. The number of primary sulfonamides is 1. The summed E-state index contributed by atoms with van der Waals surface area (Å²) in [5.74, 6) is -0.338. The highest BCUT2D eigenvalue weighted by Crippen LogP contribution is 2.14. The lowest BCUT2D eigenvalue weighted by molar-refractivity contribution is -0.116. The van der Waals surface area contributed by atoms with E-state index >= 15 is 0 Å². The Labute approximate surface area is 114 Å². The molecule has 1 aromatic carbocycles. The van der Waals surface area contributed by atoms with Gasteiger partial charge < -0.3 is 11.1 Å². The molecule has 10 heteroatoms. The first-order valence-corrected chi connectivity index (χ1v) is 6.97. The van der Waals surface area contributed by atoms with Crippen molar-refractivity contribution in [3.8, 4) is 0 Å². The van der Waals surface area contributed by atoms with E-state index in [1.807, 2.05) is 0 Å².